The molecular formula is C26H29N7O2. The number of nitrogens with two attached hydrogens (primary N) is 1. The van der Waals surface area contributed by atoms with Crippen LogP contribution in [0.3, 0.4) is 0 Å². The van der Waals surface area contributed by atoms with Crippen LogP contribution < -0.4 is 26.0 Å². The molecule has 2 aromatic carbocycles. The zero-order valence-electron chi connectivity index (χ0n) is 19.5. The molecule has 3 aromatic rings. The highest BCUT2D eigenvalue weighted by atomic mass is 16.5. The first-order valence-electron chi connectivity index (χ1n) is 11.9. The van der Waals surface area contributed by atoms with Gasteiger partial charge in [0.1, 0.15) is 11.6 Å². The van der Waals surface area contributed by atoms with Crippen LogP contribution in [0.2, 0.25) is 0 Å². The molecule has 0 unspecified atom stereocenters. The van der Waals surface area contributed by atoms with Crippen molar-refractivity contribution >= 4 is 35.3 Å². The van der Waals surface area contributed by atoms with E-state index in [0.717, 1.165) is 55.7 Å². The van der Waals surface area contributed by atoms with Gasteiger partial charge in [-0.05, 0) is 56.0 Å². The van der Waals surface area contributed by atoms with E-state index in [4.69, 9.17) is 25.8 Å². The normalized spacial score (nSPS) is 15.0. The van der Waals surface area contributed by atoms with E-state index in [-0.39, 0.29) is 12.5 Å². The van der Waals surface area contributed by atoms with Gasteiger partial charge in [0.2, 0.25) is 5.95 Å². The molecule has 1 aliphatic heterocycles. The number of nitrogen functional groups attached to an aromatic ring is 1. The Kier molecular flexibility index (Phi) is 6.47. The van der Waals surface area contributed by atoms with Crippen LogP contribution in [0.4, 0.5) is 23.1 Å². The lowest BCUT2D eigenvalue weighted by atomic mass is 10.1. The Morgan fingerprint density at radius 3 is 2.74 bits per heavy atom. The highest BCUT2D eigenvalue weighted by molar-refractivity contribution is 5.87. The number of benzene rings is 2. The van der Waals surface area contributed by atoms with Crippen LogP contribution in [-0.2, 0) is 4.79 Å². The van der Waals surface area contributed by atoms with Gasteiger partial charge in [0.25, 0.3) is 5.91 Å². The van der Waals surface area contributed by atoms with Crippen LogP contribution in [0.15, 0.2) is 48.5 Å². The molecule has 0 spiro atoms. The Morgan fingerprint density at radius 1 is 1.14 bits per heavy atom. The van der Waals surface area contributed by atoms with Gasteiger partial charge >= 0.3 is 0 Å². The molecule has 1 saturated heterocycles. The van der Waals surface area contributed by atoms with Gasteiger partial charge in [-0.2, -0.15) is 4.98 Å². The van der Waals surface area contributed by atoms with Gasteiger partial charge in [-0.1, -0.05) is 12.1 Å². The Hall–Kier alpha value is -4.14. The Balaban J connectivity index is 1.41. The van der Waals surface area contributed by atoms with Gasteiger partial charge in [0, 0.05) is 53.9 Å². The van der Waals surface area contributed by atoms with E-state index in [9.17, 15) is 4.79 Å². The predicted molar refractivity (Wildman–Crippen MR) is 138 cm³/mol. The molecule has 0 radical (unpaired) electrons. The SMILES string of the molecule is N=Cc1cc(Nc2cc(-c3cccc(OCC(=O)NC4CC4)c3)nc(N3CCCC3)n2)ccc1N. The first-order valence-corrected chi connectivity index (χ1v) is 11.9. The van der Waals surface area contributed by atoms with Crippen molar-refractivity contribution < 1.29 is 9.53 Å². The van der Waals surface area contributed by atoms with E-state index < -0.39 is 0 Å². The Morgan fingerprint density at radius 2 is 1.97 bits per heavy atom. The third-order valence-corrected chi connectivity index (χ3v) is 6.06. The van der Waals surface area contributed by atoms with Gasteiger partial charge in [0.05, 0.1) is 5.69 Å². The lowest BCUT2D eigenvalue weighted by molar-refractivity contribution is -0.123. The van der Waals surface area contributed by atoms with Crippen LogP contribution in [-0.4, -0.2) is 47.8 Å². The van der Waals surface area contributed by atoms with Crippen LogP contribution in [0.1, 0.15) is 31.2 Å². The molecule has 2 aliphatic rings. The maximum Gasteiger partial charge on any atom is 0.258 e. The molecule has 5 rings (SSSR count). The van der Waals surface area contributed by atoms with Gasteiger partial charge in [-0.3, -0.25) is 4.79 Å². The topological polar surface area (TPSA) is 129 Å². The first-order chi connectivity index (χ1) is 17.1. The van der Waals surface area contributed by atoms with E-state index in [1.165, 1.54) is 6.21 Å². The molecule has 1 aromatic heterocycles. The van der Waals surface area contributed by atoms with Crippen molar-refractivity contribution in [2.24, 2.45) is 0 Å². The van der Waals surface area contributed by atoms with Crippen molar-refractivity contribution in [1.82, 2.24) is 15.3 Å². The maximum atomic E-state index is 12.0. The molecule has 0 bridgehead atoms. The number of carbonyl (C=O) groups is 1. The zero-order chi connectivity index (χ0) is 24.2. The highest BCUT2D eigenvalue weighted by Crippen LogP contribution is 2.29. The third-order valence-electron chi connectivity index (χ3n) is 6.06. The van der Waals surface area contributed by atoms with Crippen LogP contribution in [0, 0.1) is 5.41 Å². The minimum absolute atomic E-state index is 0.0119. The van der Waals surface area contributed by atoms with E-state index in [2.05, 4.69) is 15.5 Å². The molecule has 1 aliphatic carbocycles. The second kappa shape index (κ2) is 10.0. The van der Waals surface area contributed by atoms with Crippen molar-refractivity contribution in [2.45, 2.75) is 31.7 Å². The average Bonchev–Trinajstić information content (AvgIpc) is 3.51. The number of anilines is 4. The molecule has 2 heterocycles. The predicted octanol–water partition coefficient (Wildman–Crippen LogP) is 3.72. The summed E-state index contributed by atoms with van der Waals surface area (Å²) in [5.41, 5.74) is 9.53. The second-order valence-electron chi connectivity index (χ2n) is 8.90. The number of carbonyl (C=O) groups excluding carboxylic acids is 1. The van der Waals surface area contributed by atoms with E-state index in [1.54, 1.807) is 6.07 Å². The monoisotopic (exact) mass is 471 g/mol. The zero-order valence-corrected chi connectivity index (χ0v) is 19.5. The number of nitrogens with one attached hydrogen (secondary N) is 3. The molecule has 1 saturated carbocycles. The van der Waals surface area contributed by atoms with Crippen LogP contribution in [0.25, 0.3) is 11.3 Å². The summed E-state index contributed by atoms with van der Waals surface area (Å²) in [7, 11) is 0. The summed E-state index contributed by atoms with van der Waals surface area (Å²) in [6, 6.07) is 15.2. The van der Waals surface area contributed by atoms with E-state index >= 15 is 0 Å². The molecule has 9 heteroatoms. The lowest BCUT2D eigenvalue weighted by Crippen LogP contribution is -2.30. The summed E-state index contributed by atoms with van der Waals surface area (Å²) < 4.78 is 5.74. The number of hydrogen-bond donors (Lipinski definition) is 4. The Labute approximate surface area is 204 Å². The number of hydrogen-bond acceptors (Lipinski definition) is 8. The molecule has 35 heavy (non-hydrogen) atoms. The second-order valence-corrected chi connectivity index (χ2v) is 8.90. The molecule has 1 amide bonds. The average molecular weight is 472 g/mol. The quantitative estimate of drug-likeness (QED) is 0.276. The standard InChI is InChI=1S/C26H29N7O2/c27-15-18-12-20(8-9-22(18)28)29-24-14-23(31-26(32-24)33-10-1-2-11-33)17-4-3-5-21(13-17)35-16-25(34)30-19-6-7-19/h3-5,8-9,12-15,19,27H,1-2,6-7,10-11,16,28H2,(H,30,34)(H,29,31,32). The largest absolute Gasteiger partial charge is 0.484 e. The number of nitrogens with zero attached hydrogens (tertiary/aromatic N) is 3. The number of rotatable bonds is 9. The fraction of sp³-hybridized carbons (Fsp3) is 0.308. The van der Waals surface area contributed by atoms with Gasteiger partial charge in [0.15, 0.2) is 6.61 Å². The lowest BCUT2D eigenvalue weighted by Gasteiger charge is -2.18. The van der Waals surface area contributed by atoms with Crippen LogP contribution >= 0.6 is 0 Å². The van der Waals surface area contributed by atoms with Crippen LogP contribution in [0.5, 0.6) is 5.75 Å². The van der Waals surface area contributed by atoms with Gasteiger partial charge < -0.3 is 31.4 Å². The highest BCUT2D eigenvalue weighted by Gasteiger charge is 2.23. The summed E-state index contributed by atoms with van der Waals surface area (Å²) in [4.78, 5) is 23.8. The van der Waals surface area contributed by atoms with Gasteiger partial charge in [-0.15, -0.1) is 0 Å². The number of aromatic nitrogens is 2. The fourth-order valence-corrected chi connectivity index (χ4v) is 4.02. The Bertz CT molecular complexity index is 1240. The molecule has 180 valence electrons. The van der Waals surface area contributed by atoms with E-state index in [1.807, 2.05) is 42.5 Å². The third kappa shape index (κ3) is 5.68. The molecule has 5 N–H and O–H groups in total. The van der Waals surface area contributed by atoms with Crippen molar-refractivity contribution in [1.29, 1.82) is 5.41 Å². The molecule has 2 fully saturated rings. The van der Waals surface area contributed by atoms with E-state index in [0.29, 0.717) is 34.8 Å². The summed E-state index contributed by atoms with van der Waals surface area (Å²) in [6.07, 6.45) is 5.55. The molecule has 9 nitrogen and oxygen atoms in total. The molecular weight excluding hydrogens is 442 g/mol. The van der Waals surface area contributed by atoms with Gasteiger partial charge in [-0.25, -0.2) is 4.98 Å². The fourth-order valence-electron chi connectivity index (χ4n) is 4.02. The first kappa shape index (κ1) is 22.6. The summed E-state index contributed by atoms with van der Waals surface area (Å²) in [5, 5.41) is 13.8. The van der Waals surface area contributed by atoms with Crippen molar-refractivity contribution in [3.63, 3.8) is 0 Å². The summed E-state index contributed by atoms with van der Waals surface area (Å²) in [6.45, 7) is 1.83. The smallest absolute Gasteiger partial charge is 0.258 e. The molecule has 0 atom stereocenters. The maximum absolute atomic E-state index is 12.0. The van der Waals surface area contributed by atoms with Crippen molar-refractivity contribution in [3.05, 3.63) is 54.1 Å². The number of ether oxygens (including phenoxy) is 1. The van der Waals surface area contributed by atoms with Crippen molar-refractivity contribution in [2.75, 3.05) is 35.6 Å². The summed E-state index contributed by atoms with van der Waals surface area (Å²) >= 11 is 0. The minimum Gasteiger partial charge on any atom is -0.484 e. The minimum atomic E-state index is -0.101. The van der Waals surface area contributed by atoms with Crippen molar-refractivity contribution in [3.8, 4) is 17.0 Å². The number of amides is 1. The summed E-state index contributed by atoms with van der Waals surface area (Å²) in [5.74, 6) is 1.82.